The number of rotatable bonds is 3. The van der Waals surface area contributed by atoms with Gasteiger partial charge in [0.15, 0.2) is 5.78 Å². The minimum atomic E-state index is -1.30. The summed E-state index contributed by atoms with van der Waals surface area (Å²) in [5.74, 6) is -1.10. The fraction of sp³-hybridized carbons (Fsp3) is 0.276. The van der Waals surface area contributed by atoms with Crippen LogP contribution in [0.4, 0.5) is 11.4 Å². The Balaban J connectivity index is 1.57. The van der Waals surface area contributed by atoms with Gasteiger partial charge in [0.05, 0.1) is 13.0 Å². The van der Waals surface area contributed by atoms with Gasteiger partial charge < -0.3 is 15.4 Å². The van der Waals surface area contributed by atoms with E-state index in [9.17, 15) is 14.4 Å². The highest BCUT2D eigenvalue weighted by Gasteiger charge is 2.78. The lowest BCUT2D eigenvalue weighted by Crippen LogP contribution is -2.55. The van der Waals surface area contributed by atoms with E-state index in [1.54, 1.807) is 31.4 Å². The zero-order valence-electron chi connectivity index (χ0n) is 19.8. The first-order chi connectivity index (χ1) is 17.5. The number of benzene rings is 3. The lowest BCUT2D eigenvalue weighted by Gasteiger charge is -2.38. The van der Waals surface area contributed by atoms with Crippen LogP contribution in [0.15, 0.2) is 72.8 Å². The third-order valence-corrected chi connectivity index (χ3v) is 8.65. The van der Waals surface area contributed by atoms with E-state index in [2.05, 4.69) is 15.5 Å². The standard InChI is InChI=1S/C29H25N3O4/c1-36-18-9-6-8-17(16-18)24(33)25-28(19-10-2-4-12-21(19)30-26(28)34)23-14-7-15-32(23)29(25)20-11-3-5-13-22(20)31-27(29)35/h2-6,8-13,16,23,25H,7,14-15H2,1H3,(H,30,34)(H,31,35)/t23-,25-,28+,29+/m1/s1. The smallest absolute Gasteiger partial charge is 0.250 e. The van der Waals surface area contributed by atoms with Gasteiger partial charge >= 0.3 is 0 Å². The number of methoxy groups -OCH3 is 1. The molecular weight excluding hydrogens is 454 g/mol. The molecule has 0 unspecified atom stereocenters. The Morgan fingerprint density at radius 3 is 2.39 bits per heavy atom. The molecule has 4 atom stereocenters. The van der Waals surface area contributed by atoms with Crippen molar-refractivity contribution in [2.24, 2.45) is 5.92 Å². The number of anilines is 2. The molecule has 3 aromatic rings. The number of ether oxygens (including phenoxy) is 1. The summed E-state index contributed by atoms with van der Waals surface area (Å²) in [6, 6.07) is 21.9. The topological polar surface area (TPSA) is 87.7 Å². The van der Waals surface area contributed by atoms with Crippen LogP contribution in [0.1, 0.15) is 34.3 Å². The van der Waals surface area contributed by atoms with Crippen LogP contribution < -0.4 is 15.4 Å². The summed E-state index contributed by atoms with van der Waals surface area (Å²) in [6.07, 6.45) is 1.57. The molecule has 4 aliphatic heterocycles. The molecule has 2 saturated heterocycles. The first kappa shape index (κ1) is 21.3. The summed E-state index contributed by atoms with van der Waals surface area (Å²) in [5, 5.41) is 6.13. The molecule has 7 nitrogen and oxygen atoms in total. The molecule has 0 bridgehead atoms. The quantitative estimate of drug-likeness (QED) is 0.560. The lowest BCUT2D eigenvalue weighted by molar-refractivity contribution is -0.128. The van der Waals surface area contributed by atoms with Gasteiger partial charge in [0.1, 0.15) is 16.7 Å². The molecule has 3 aromatic carbocycles. The van der Waals surface area contributed by atoms with Crippen molar-refractivity contribution < 1.29 is 19.1 Å². The number of nitrogens with one attached hydrogen (secondary N) is 2. The number of para-hydroxylation sites is 2. The van der Waals surface area contributed by atoms with Crippen LogP contribution in [0.3, 0.4) is 0 Å². The number of Topliss-reactive ketones (excluding diaryl/α,β-unsaturated/α-hetero) is 1. The molecule has 2 amide bonds. The molecule has 4 aliphatic rings. The fourth-order valence-electron chi connectivity index (χ4n) is 7.44. The number of ketones is 1. The number of fused-ring (bicyclic) bond motifs is 7. The van der Waals surface area contributed by atoms with Crippen LogP contribution in [0.5, 0.6) is 5.75 Å². The molecule has 0 radical (unpaired) electrons. The highest BCUT2D eigenvalue weighted by molar-refractivity contribution is 6.18. The summed E-state index contributed by atoms with van der Waals surface area (Å²) in [4.78, 5) is 45.2. The summed E-state index contributed by atoms with van der Waals surface area (Å²) in [6.45, 7) is 0.630. The number of hydrogen-bond donors (Lipinski definition) is 2. The Hall–Kier alpha value is -3.97. The average molecular weight is 480 g/mol. The first-order valence-electron chi connectivity index (χ1n) is 12.3. The van der Waals surface area contributed by atoms with E-state index in [1.165, 1.54) is 0 Å². The van der Waals surface area contributed by atoms with E-state index < -0.39 is 16.9 Å². The highest BCUT2D eigenvalue weighted by atomic mass is 16.5. The molecule has 7 heteroatoms. The maximum absolute atomic E-state index is 14.7. The van der Waals surface area contributed by atoms with E-state index in [0.29, 0.717) is 29.2 Å². The molecule has 7 rings (SSSR count). The minimum absolute atomic E-state index is 0.212. The normalized spacial score (nSPS) is 29.7. The van der Waals surface area contributed by atoms with Crippen LogP contribution in [0.2, 0.25) is 0 Å². The van der Waals surface area contributed by atoms with Crippen molar-refractivity contribution in [1.29, 1.82) is 0 Å². The van der Waals surface area contributed by atoms with Gasteiger partial charge in [-0.25, -0.2) is 0 Å². The summed E-state index contributed by atoms with van der Waals surface area (Å²) in [7, 11) is 1.56. The first-order valence-corrected chi connectivity index (χ1v) is 12.3. The van der Waals surface area contributed by atoms with Gasteiger partial charge in [-0.15, -0.1) is 0 Å². The molecule has 0 saturated carbocycles. The van der Waals surface area contributed by atoms with Crippen molar-refractivity contribution in [2.75, 3.05) is 24.3 Å². The van der Waals surface area contributed by atoms with Crippen LogP contribution in [-0.2, 0) is 20.5 Å². The molecular formula is C29H25N3O4. The van der Waals surface area contributed by atoms with Gasteiger partial charge in [0.25, 0.3) is 0 Å². The second kappa shape index (κ2) is 7.27. The Bertz CT molecular complexity index is 1390. The molecule has 36 heavy (non-hydrogen) atoms. The Kier molecular flexibility index (Phi) is 4.31. The maximum Gasteiger partial charge on any atom is 0.250 e. The van der Waals surface area contributed by atoms with Crippen molar-refractivity contribution >= 4 is 29.0 Å². The van der Waals surface area contributed by atoms with Crippen LogP contribution >= 0.6 is 0 Å². The van der Waals surface area contributed by atoms with Gasteiger partial charge in [0.2, 0.25) is 11.8 Å². The van der Waals surface area contributed by atoms with Crippen molar-refractivity contribution in [3.63, 3.8) is 0 Å². The van der Waals surface area contributed by atoms with Crippen molar-refractivity contribution in [2.45, 2.75) is 29.8 Å². The number of hydrogen-bond acceptors (Lipinski definition) is 5. The van der Waals surface area contributed by atoms with Crippen molar-refractivity contribution in [1.82, 2.24) is 4.90 Å². The predicted octanol–water partition coefficient (Wildman–Crippen LogP) is 3.71. The van der Waals surface area contributed by atoms with Gasteiger partial charge in [-0.1, -0.05) is 48.5 Å². The molecule has 2 fully saturated rings. The number of amides is 2. The molecule has 2 spiro atoms. The molecule has 180 valence electrons. The van der Waals surface area contributed by atoms with Crippen molar-refractivity contribution in [3.8, 4) is 5.75 Å². The summed E-state index contributed by atoms with van der Waals surface area (Å²) in [5.41, 5.74) is 0.879. The number of nitrogens with zero attached hydrogens (tertiary/aromatic N) is 1. The minimum Gasteiger partial charge on any atom is -0.497 e. The second-order valence-electron chi connectivity index (χ2n) is 10.0. The van der Waals surface area contributed by atoms with E-state index in [0.717, 1.165) is 24.0 Å². The SMILES string of the molecule is COc1cccc(C(=O)[C@@H]2[C@@]3(C(=O)Nc4ccccc43)[C@H]3CCCN3[C@]23C(=O)Nc2ccccc23)c1. The second-order valence-corrected chi connectivity index (χ2v) is 10.0. The summed E-state index contributed by atoms with van der Waals surface area (Å²) >= 11 is 0. The third-order valence-electron chi connectivity index (χ3n) is 8.65. The van der Waals surface area contributed by atoms with E-state index >= 15 is 0 Å². The highest BCUT2D eigenvalue weighted by Crippen LogP contribution is 2.66. The van der Waals surface area contributed by atoms with E-state index in [4.69, 9.17) is 4.74 Å². The fourth-order valence-corrected chi connectivity index (χ4v) is 7.44. The van der Waals surface area contributed by atoms with Crippen LogP contribution in [0.25, 0.3) is 0 Å². The van der Waals surface area contributed by atoms with Crippen LogP contribution in [-0.4, -0.2) is 42.2 Å². The largest absolute Gasteiger partial charge is 0.497 e. The lowest BCUT2D eigenvalue weighted by atomic mass is 9.60. The summed E-state index contributed by atoms with van der Waals surface area (Å²) < 4.78 is 5.41. The predicted molar refractivity (Wildman–Crippen MR) is 134 cm³/mol. The van der Waals surface area contributed by atoms with Gasteiger partial charge in [-0.05, 0) is 49.2 Å². The molecule has 2 N–H and O–H groups in total. The number of carbonyl (C=O) groups is 3. The Morgan fingerprint density at radius 1 is 0.917 bits per heavy atom. The average Bonchev–Trinajstić information content (AvgIpc) is 3.62. The van der Waals surface area contributed by atoms with Gasteiger partial charge in [-0.2, -0.15) is 0 Å². The van der Waals surface area contributed by atoms with E-state index in [-0.39, 0.29) is 23.6 Å². The van der Waals surface area contributed by atoms with Gasteiger partial charge in [0, 0.05) is 28.5 Å². The molecule has 0 aliphatic carbocycles. The van der Waals surface area contributed by atoms with E-state index in [1.807, 2.05) is 48.5 Å². The van der Waals surface area contributed by atoms with Crippen molar-refractivity contribution in [3.05, 3.63) is 89.5 Å². The Labute approximate surface area is 208 Å². The molecule has 0 aromatic heterocycles. The third kappa shape index (κ3) is 2.34. The maximum atomic E-state index is 14.7. The van der Waals surface area contributed by atoms with Crippen LogP contribution in [0, 0.1) is 5.92 Å². The Morgan fingerprint density at radius 2 is 1.61 bits per heavy atom. The zero-order valence-corrected chi connectivity index (χ0v) is 19.8. The number of carbonyl (C=O) groups excluding carboxylic acids is 3. The zero-order chi connectivity index (χ0) is 24.7. The van der Waals surface area contributed by atoms with Gasteiger partial charge in [-0.3, -0.25) is 19.3 Å². The monoisotopic (exact) mass is 479 g/mol. The molecule has 4 heterocycles.